The topological polar surface area (TPSA) is 17.1 Å². The molecule has 1 rings (SSSR count). The van der Waals surface area contributed by atoms with Crippen LogP contribution in [0.1, 0.15) is 52.4 Å². The lowest BCUT2D eigenvalue weighted by molar-refractivity contribution is -0.113. The van der Waals surface area contributed by atoms with Crippen molar-refractivity contribution in [3.63, 3.8) is 0 Å². The second kappa shape index (κ2) is 5.21. The van der Waals surface area contributed by atoms with Crippen LogP contribution < -0.4 is 0 Å². The van der Waals surface area contributed by atoms with Crippen LogP contribution in [0.15, 0.2) is 11.6 Å². The monoisotopic (exact) mass is 180 g/mol. The van der Waals surface area contributed by atoms with E-state index in [1.807, 2.05) is 0 Å². The minimum atomic E-state index is 0.257. The van der Waals surface area contributed by atoms with E-state index in [4.69, 9.17) is 0 Å². The number of carbonyl (C=O) groups is 1. The van der Waals surface area contributed by atoms with Crippen LogP contribution in [0.4, 0.5) is 0 Å². The Balaban J connectivity index is 2.54. The minimum Gasteiger partial charge on any atom is -0.295 e. The Hall–Kier alpha value is -0.590. The highest BCUT2D eigenvalue weighted by Gasteiger charge is 2.12. The molecule has 74 valence electrons. The summed E-state index contributed by atoms with van der Waals surface area (Å²) in [6, 6.07) is 0. The second-order valence-corrected chi connectivity index (χ2v) is 4.00. The molecule has 1 aliphatic rings. The summed E-state index contributed by atoms with van der Waals surface area (Å²) in [5.41, 5.74) is 1.03. The molecule has 1 aliphatic carbocycles. The molecule has 0 atom stereocenters. The van der Waals surface area contributed by atoms with Crippen molar-refractivity contribution >= 4 is 5.78 Å². The van der Waals surface area contributed by atoms with Crippen molar-refractivity contribution in [3.05, 3.63) is 11.6 Å². The molecule has 1 fully saturated rings. The van der Waals surface area contributed by atoms with Gasteiger partial charge in [0.05, 0.1) is 0 Å². The van der Waals surface area contributed by atoms with Crippen molar-refractivity contribution in [2.24, 2.45) is 5.92 Å². The molecular weight excluding hydrogens is 160 g/mol. The van der Waals surface area contributed by atoms with Gasteiger partial charge in [0.25, 0.3) is 0 Å². The molecule has 0 aromatic carbocycles. The zero-order valence-electron chi connectivity index (χ0n) is 8.81. The van der Waals surface area contributed by atoms with Crippen molar-refractivity contribution in [2.75, 3.05) is 0 Å². The Kier molecular flexibility index (Phi) is 4.20. The maximum absolute atomic E-state index is 11.2. The summed E-state index contributed by atoms with van der Waals surface area (Å²) in [6.45, 7) is 3.74. The van der Waals surface area contributed by atoms with E-state index < -0.39 is 0 Å². The maximum atomic E-state index is 11.2. The first-order valence-electron chi connectivity index (χ1n) is 5.45. The Bertz CT molecular complexity index is 197. The first kappa shape index (κ1) is 10.5. The molecule has 0 unspecified atom stereocenters. The molecule has 0 radical (unpaired) electrons. The Morgan fingerprint density at radius 2 is 1.92 bits per heavy atom. The molecular formula is C12H20O. The average Bonchev–Trinajstić information content (AvgIpc) is 2.15. The van der Waals surface area contributed by atoms with E-state index in [9.17, 15) is 4.79 Å². The third-order valence-corrected chi connectivity index (χ3v) is 2.92. The van der Waals surface area contributed by atoms with Crippen LogP contribution >= 0.6 is 0 Å². The summed E-state index contributed by atoms with van der Waals surface area (Å²) in [6.07, 6.45) is 9.76. The number of ketones is 1. The first-order valence-corrected chi connectivity index (χ1v) is 5.45. The molecule has 1 heteroatoms. The zero-order chi connectivity index (χ0) is 9.68. The van der Waals surface area contributed by atoms with E-state index >= 15 is 0 Å². The molecule has 0 aliphatic heterocycles. The van der Waals surface area contributed by atoms with Crippen LogP contribution in [-0.4, -0.2) is 5.78 Å². The lowest BCUT2D eigenvalue weighted by atomic mass is 9.87. The Morgan fingerprint density at radius 3 is 2.38 bits per heavy atom. The van der Waals surface area contributed by atoms with Crippen LogP contribution in [0.2, 0.25) is 0 Å². The van der Waals surface area contributed by atoms with Crippen molar-refractivity contribution < 1.29 is 4.79 Å². The lowest BCUT2D eigenvalue weighted by Gasteiger charge is -2.18. The van der Waals surface area contributed by atoms with E-state index in [1.54, 1.807) is 6.92 Å². The fourth-order valence-corrected chi connectivity index (χ4v) is 2.07. The number of Topliss-reactive ketones (excluding diaryl/α,β-unsaturated/α-hetero) is 1. The van der Waals surface area contributed by atoms with Crippen molar-refractivity contribution in [1.82, 2.24) is 0 Å². The molecule has 0 aromatic rings. The van der Waals surface area contributed by atoms with Gasteiger partial charge in [0, 0.05) is 0 Å². The van der Waals surface area contributed by atoms with Gasteiger partial charge in [0.1, 0.15) is 0 Å². The molecule has 1 saturated carbocycles. The van der Waals surface area contributed by atoms with Gasteiger partial charge < -0.3 is 0 Å². The van der Waals surface area contributed by atoms with Crippen LogP contribution in [0, 0.1) is 5.92 Å². The van der Waals surface area contributed by atoms with Crippen LogP contribution in [0.3, 0.4) is 0 Å². The number of rotatable bonds is 3. The standard InChI is InChI=1S/C12H20O/c1-3-12(10(2)13)9-11-7-5-4-6-8-11/h9,11H,3-8H2,1-2H3/b12-9+. The third-order valence-electron chi connectivity index (χ3n) is 2.92. The number of hydrogen-bond acceptors (Lipinski definition) is 1. The maximum Gasteiger partial charge on any atom is 0.155 e. The van der Waals surface area contributed by atoms with E-state index in [2.05, 4.69) is 13.0 Å². The summed E-state index contributed by atoms with van der Waals surface area (Å²) in [7, 11) is 0. The highest BCUT2D eigenvalue weighted by molar-refractivity contribution is 5.93. The Morgan fingerprint density at radius 1 is 1.31 bits per heavy atom. The van der Waals surface area contributed by atoms with E-state index in [0.29, 0.717) is 5.92 Å². The molecule has 0 amide bonds. The van der Waals surface area contributed by atoms with Crippen LogP contribution in [-0.2, 0) is 4.79 Å². The summed E-state index contributed by atoms with van der Waals surface area (Å²) in [5.74, 6) is 0.945. The molecule has 0 N–H and O–H groups in total. The summed E-state index contributed by atoms with van der Waals surface area (Å²) >= 11 is 0. The minimum absolute atomic E-state index is 0.257. The van der Waals surface area contributed by atoms with Gasteiger partial charge >= 0.3 is 0 Å². The van der Waals surface area contributed by atoms with Gasteiger partial charge in [-0.3, -0.25) is 4.79 Å². The van der Waals surface area contributed by atoms with Crippen molar-refractivity contribution in [1.29, 1.82) is 0 Å². The SMILES string of the molecule is CC/C(=C\C1CCCCC1)C(C)=O. The number of hydrogen-bond donors (Lipinski definition) is 0. The van der Waals surface area contributed by atoms with Crippen LogP contribution in [0.25, 0.3) is 0 Å². The van der Waals surface area contributed by atoms with Crippen LogP contribution in [0.5, 0.6) is 0 Å². The molecule has 1 nitrogen and oxygen atoms in total. The molecule has 0 bridgehead atoms. The van der Waals surface area contributed by atoms with Crippen molar-refractivity contribution in [2.45, 2.75) is 52.4 Å². The van der Waals surface area contributed by atoms with Gasteiger partial charge in [-0.15, -0.1) is 0 Å². The smallest absolute Gasteiger partial charge is 0.155 e. The van der Waals surface area contributed by atoms with E-state index in [-0.39, 0.29) is 5.78 Å². The van der Waals surface area contributed by atoms with Gasteiger partial charge in [-0.05, 0) is 37.7 Å². The Labute approximate surface area is 81.2 Å². The summed E-state index contributed by atoms with van der Waals surface area (Å²) < 4.78 is 0. The molecule has 0 spiro atoms. The highest BCUT2D eigenvalue weighted by atomic mass is 16.1. The van der Waals surface area contributed by atoms with Gasteiger partial charge in [-0.2, -0.15) is 0 Å². The fourth-order valence-electron chi connectivity index (χ4n) is 2.07. The largest absolute Gasteiger partial charge is 0.295 e. The van der Waals surface area contributed by atoms with Crippen molar-refractivity contribution in [3.8, 4) is 0 Å². The number of carbonyl (C=O) groups excluding carboxylic acids is 1. The van der Waals surface area contributed by atoms with E-state index in [1.165, 1.54) is 32.1 Å². The van der Waals surface area contributed by atoms with Gasteiger partial charge in [-0.25, -0.2) is 0 Å². The molecule has 0 saturated heterocycles. The van der Waals surface area contributed by atoms with E-state index in [0.717, 1.165) is 12.0 Å². The normalized spacial score (nSPS) is 20.3. The highest BCUT2D eigenvalue weighted by Crippen LogP contribution is 2.26. The predicted octanol–water partition coefficient (Wildman–Crippen LogP) is 3.49. The summed E-state index contributed by atoms with van der Waals surface area (Å²) in [5, 5.41) is 0. The van der Waals surface area contributed by atoms with Gasteiger partial charge in [-0.1, -0.05) is 32.3 Å². The lowest BCUT2D eigenvalue weighted by Crippen LogP contribution is -2.06. The zero-order valence-corrected chi connectivity index (χ0v) is 8.81. The quantitative estimate of drug-likeness (QED) is 0.607. The molecule has 0 heterocycles. The molecule has 13 heavy (non-hydrogen) atoms. The first-order chi connectivity index (χ1) is 6.24. The van der Waals surface area contributed by atoms with Gasteiger partial charge in [0.2, 0.25) is 0 Å². The number of allylic oxidation sites excluding steroid dienone is 2. The van der Waals surface area contributed by atoms with Gasteiger partial charge in [0.15, 0.2) is 5.78 Å². The summed E-state index contributed by atoms with van der Waals surface area (Å²) in [4.78, 5) is 11.2. The predicted molar refractivity (Wildman–Crippen MR) is 55.6 cm³/mol. The fraction of sp³-hybridized carbons (Fsp3) is 0.750. The third kappa shape index (κ3) is 3.33. The average molecular weight is 180 g/mol. The molecule has 0 aromatic heterocycles. The second-order valence-electron chi connectivity index (χ2n) is 4.00.